The lowest BCUT2D eigenvalue weighted by Crippen LogP contribution is -2.36. The van der Waals surface area contributed by atoms with Crippen molar-refractivity contribution in [3.63, 3.8) is 0 Å². The number of carbonyl (C=O) groups is 2. The van der Waals surface area contributed by atoms with Crippen molar-refractivity contribution in [1.82, 2.24) is 0 Å². The minimum absolute atomic E-state index is 0.141. The Kier molecular flexibility index (Phi) is 5.54. The summed E-state index contributed by atoms with van der Waals surface area (Å²) < 4.78 is 5.57. The van der Waals surface area contributed by atoms with Crippen molar-refractivity contribution >= 4 is 23.3 Å². The van der Waals surface area contributed by atoms with Crippen LogP contribution >= 0.6 is 0 Å². The Morgan fingerprint density at radius 2 is 1.58 bits per heavy atom. The molecule has 0 bridgehead atoms. The second-order valence-corrected chi connectivity index (χ2v) is 8.29. The number of esters is 1. The fraction of sp³-hybridized carbons (Fsp3) is 0.619. The molecule has 0 radical (unpaired) electrons. The van der Waals surface area contributed by atoms with Gasteiger partial charge in [-0.1, -0.05) is 0 Å². The highest BCUT2D eigenvalue weighted by Gasteiger charge is 2.25. The molecule has 5 nitrogen and oxygen atoms in total. The van der Waals surface area contributed by atoms with E-state index in [-0.39, 0.29) is 11.9 Å². The molecule has 5 heteroatoms. The van der Waals surface area contributed by atoms with Crippen LogP contribution < -0.4 is 9.80 Å². The molecular formula is C21H30N2O3. The van der Waals surface area contributed by atoms with Crippen LogP contribution in [0, 0.1) is 0 Å². The fourth-order valence-electron chi connectivity index (χ4n) is 3.62. The average Bonchev–Trinajstić information content (AvgIpc) is 2.61. The van der Waals surface area contributed by atoms with Gasteiger partial charge in [-0.3, -0.25) is 4.79 Å². The normalized spacial score (nSPS) is 18.8. The van der Waals surface area contributed by atoms with E-state index in [0.29, 0.717) is 12.0 Å². The molecule has 0 aromatic heterocycles. The van der Waals surface area contributed by atoms with Gasteiger partial charge < -0.3 is 14.5 Å². The van der Waals surface area contributed by atoms with Crippen molar-refractivity contribution in [2.75, 3.05) is 29.4 Å². The largest absolute Gasteiger partial charge is 0.456 e. The molecule has 0 N–H and O–H groups in total. The van der Waals surface area contributed by atoms with Crippen LogP contribution in [0.15, 0.2) is 18.2 Å². The third kappa shape index (κ3) is 4.57. The topological polar surface area (TPSA) is 49.9 Å². The average molecular weight is 358 g/mol. The number of ether oxygens (including phenoxy) is 1. The number of hydrogen-bond donors (Lipinski definition) is 0. The molecule has 2 aliphatic heterocycles. The third-order valence-corrected chi connectivity index (χ3v) is 4.89. The summed E-state index contributed by atoms with van der Waals surface area (Å²) in [6, 6.07) is 5.78. The molecule has 3 rings (SSSR count). The molecule has 142 valence electrons. The van der Waals surface area contributed by atoms with Gasteiger partial charge in [0.25, 0.3) is 0 Å². The van der Waals surface area contributed by atoms with Gasteiger partial charge in [0.15, 0.2) is 0 Å². The van der Waals surface area contributed by atoms with E-state index >= 15 is 0 Å². The Morgan fingerprint density at radius 3 is 2.23 bits per heavy atom. The van der Waals surface area contributed by atoms with Crippen molar-refractivity contribution in [3.8, 4) is 0 Å². The summed E-state index contributed by atoms with van der Waals surface area (Å²) in [6.07, 6.45) is 6.10. The summed E-state index contributed by atoms with van der Waals surface area (Å²) >= 11 is 0. The number of piperidine rings is 2. The fourth-order valence-corrected chi connectivity index (χ4v) is 3.62. The summed E-state index contributed by atoms with van der Waals surface area (Å²) in [7, 11) is 0. The molecule has 1 aromatic carbocycles. The van der Waals surface area contributed by atoms with E-state index in [1.165, 1.54) is 6.42 Å². The molecule has 2 heterocycles. The smallest absolute Gasteiger partial charge is 0.338 e. The molecule has 0 atom stereocenters. The van der Waals surface area contributed by atoms with Crippen molar-refractivity contribution in [2.24, 2.45) is 0 Å². The summed E-state index contributed by atoms with van der Waals surface area (Å²) in [6.45, 7) is 8.31. The molecule has 0 saturated carbocycles. The quantitative estimate of drug-likeness (QED) is 0.762. The summed E-state index contributed by atoms with van der Waals surface area (Å²) in [5, 5.41) is 0. The second-order valence-electron chi connectivity index (χ2n) is 8.29. The van der Waals surface area contributed by atoms with Gasteiger partial charge in [0, 0.05) is 37.4 Å². The molecule has 2 saturated heterocycles. The lowest BCUT2D eigenvalue weighted by molar-refractivity contribution is -0.119. The van der Waals surface area contributed by atoms with Crippen LogP contribution in [-0.2, 0) is 9.53 Å². The van der Waals surface area contributed by atoms with Gasteiger partial charge in [0.1, 0.15) is 5.60 Å². The maximum atomic E-state index is 12.7. The highest BCUT2D eigenvalue weighted by Crippen LogP contribution is 2.30. The van der Waals surface area contributed by atoms with E-state index in [0.717, 1.165) is 56.7 Å². The number of hydrogen-bond acceptors (Lipinski definition) is 4. The maximum absolute atomic E-state index is 12.7. The van der Waals surface area contributed by atoms with Gasteiger partial charge in [-0.2, -0.15) is 0 Å². The summed E-state index contributed by atoms with van der Waals surface area (Å²) in [4.78, 5) is 29.2. The van der Waals surface area contributed by atoms with Gasteiger partial charge in [-0.25, -0.2) is 4.79 Å². The SMILES string of the molecule is CC(C)(C)OC(=O)c1cc(N2CCCCC2)cc(N2CCCCC2=O)c1. The summed E-state index contributed by atoms with van der Waals surface area (Å²) in [5.74, 6) is -0.191. The molecular weight excluding hydrogens is 328 g/mol. The van der Waals surface area contributed by atoms with Crippen LogP contribution in [0.4, 0.5) is 11.4 Å². The van der Waals surface area contributed by atoms with Crippen LogP contribution in [0.25, 0.3) is 0 Å². The van der Waals surface area contributed by atoms with Crippen LogP contribution in [0.2, 0.25) is 0 Å². The maximum Gasteiger partial charge on any atom is 0.338 e. The number of anilines is 2. The molecule has 0 unspecified atom stereocenters. The van der Waals surface area contributed by atoms with E-state index < -0.39 is 5.60 Å². The van der Waals surface area contributed by atoms with Gasteiger partial charge in [-0.15, -0.1) is 0 Å². The van der Waals surface area contributed by atoms with Gasteiger partial charge in [0.05, 0.1) is 5.56 Å². The lowest BCUT2D eigenvalue weighted by Gasteiger charge is -2.32. The predicted molar refractivity (Wildman–Crippen MR) is 104 cm³/mol. The van der Waals surface area contributed by atoms with Crippen molar-refractivity contribution in [1.29, 1.82) is 0 Å². The molecule has 2 fully saturated rings. The summed E-state index contributed by atoms with van der Waals surface area (Å²) in [5.41, 5.74) is 1.82. The van der Waals surface area contributed by atoms with Gasteiger partial charge in [-0.05, 0) is 71.1 Å². The molecule has 2 aliphatic rings. The van der Waals surface area contributed by atoms with E-state index in [9.17, 15) is 9.59 Å². The molecule has 26 heavy (non-hydrogen) atoms. The first-order valence-corrected chi connectivity index (χ1v) is 9.77. The lowest BCUT2D eigenvalue weighted by atomic mass is 10.0. The standard InChI is InChI=1S/C21H30N2O3/c1-21(2,3)26-20(25)16-13-17(22-10-6-4-7-11-22)15-18(14-16)23-12-8-5-9-19(23)24/h13-15H,4-12H2,1-3H3. The van der Waals surface area contributed by atoms with Crippen LogP contribution in [0.1, 0.15) is 69.7 Å². The zero-order valence-electron chi connectivity index (χ0n) is 16.2. The van der Waals surface area contributed by atoms with E-state index in [1.54, 1.807) is 0 Å². The Hall–Kier alpha value is -2.04. The zero-order chi connectivity index (χ0) is 18.7. The monoisotopic (exact) mass is 358 g/mol. The van der Waals surface area contributed by atoms with E-state index in [2.05, 4.69) is 11.0 Å². The van der Waals surface area contributed by atoms with Crippen LogP contribution in [0.5, 0.6) is 0 Å². The minimum Gasteiger partial charge on any atom is -0.456 e. The van der Waals surface area contributed by atoms with Crippen molar-refractivity contribution in [3.05, 3.63) is 23.8 Å². The first-order chi connectivity index (χ1) is 12.3. The van der Waals surface area contributed by atoms with Crippen molar-refractivity contribution < 1.29 is 14.3 Å². The highest BCUT2D eigenvalue weighted by atomic mass is 16.6. The van der Waals surface area contributed by atoms with E-state index in [1.807, 2.05) is 37.8 Å². The van der Waals surface area contributed by atoms with E-state index in [4.69, 9.17) is 4.74 Å². The molecule has 1 aromatic rings. The number of rotatable bonds is 3. The van der Waals surface area contributed by atoms with Gasteiger partial charge in [0.2, 0.25) is 5.91 Å². The Labute approximate surface area is 156 Å². The number of nitrogens with zero attached hydrogens (tertiary/aromatic N) is 2. The third-order valence-electron chi connectivity index (χ3n) is 4.89. The Bertz CT molecular complexity index is 672. The molecule has 0 aliphatic carbocycles. The molecule has 0 spiro atoms. The zero-order valence-corrected chi connectivity index (χ0v) is 16.2. The van der Waals surface area contributed by atoms with Crippen molar-refractivity contribution in [2.45, 2.75) is 64.9 Å². The van der Waals surface area contributed by atoms with Crippen LogP contribution in [-0.4, -0.2) is 37.1 Å². The first-order valence-electron chi connectivity index (χ1n) is 9.77. The first kappa shape index (κ1) is 18.7. The predicted octanol–water partition coefficient (Wildman–Crippen LogP) is 4.15. The molecule has 1 amide bonds. The highest BCUT2D eigenvalue weighted by molar-refractivity contribution is 5.98. The minimum atomic E-state index is -0.542. The Morgan fingerprint density at radius 1 is 0.923 bits per heavy atom. The number of amides is 1. The van der Waals surface area contributed by atoms with Gasteiger partial charge >= 0.3 is 5.97 Å². The van der Waals surface area contributed by atoms with Crippen LogP contribution in [0.3, 0.4) is 0 Å². The second kappa shape index (κ2) is 7.68. The number of carbonyl (C=O) groups excluding carboxylic acids is 2. The number of benzene rings is 1. The Balaban J connectivity index is 1.95.